The van der Waals surface area contributed by atoms with Crippen molar-refractivity contribution in [3.05, 3.63) is 23.8 Å². The lowest BCUT2D eigenvalue weighted by Gasteiger charge is -2.22. The minimum Gasteiger partial charge on any atom is -0.486 e. The van der Waals surface area contributed by atoms with Crippen molar-refractivity contribution in [2.24, 2.45) is 5.92 Å². The molecule has 3 aliphatic rings. The van der Waals surface area contributed by atoms with Gasteiger partial charge < -0.3 is 19.5 Å². The van der Waals surface area contributed by atoms with Gasteiger partial charge in [-0.1, -0.05) is 6.07 Å². The van der Waals surface area contributed by atoms with Gasteiger partial charge in [-0.3, -0.25) is 15.0 Å². The topological polar surface area (TPSA) is 97.9 Å². The number of hydrogen-bond donors (Lipinski definition) is 3. The zero-order chi connectivity index (χ0) is 17.2. The highest BCUT2D eigenvalue weighted by atomic mass is 16.6. The molecule has 8 nitrogen and oxygen atoms in total. The summed E-state index contributed by atoms with van der Waals surface area (Å²) in [6.45, 7) is 1.24. The van der Waals surface area contributed by atoms with Crippen molar-refractivity contribution in [3.8, 4) is 11.5 Å². The van der Waals surface area contributed by atoms with Crippen LogP contribution in [0.1, 0.15) is 24.4 Å². The maximum atomic E-state index is 12.4. The molecule has 0 aromatic heterocycles. The molecule has 1 saturated heterocycles. The predicted octanol–water partition coefficient (Wildman–Crippen LogP) is 0.0447. The van der Waals surface area contributed by atoms with Crippen molar-refractivity contribution in [2.45, 2.75) is 24.9 Å². The van der Waals surface area contributed by atoms with Crippen LogP contribution in [0.25, 0.3) is 0 Å². The van der Waals surface area contributed by atoms with Crippen molar-refractivity contribution in [2.75, 3.05) is 26.4 Å². The summed E-state index contributed by atoms with van der Waals surface area (Å²) in [4.78, 5) is 24.1. The Labute approximate surface area is 145 Å². The van der Waals surface area contributed by atoms with E-state index in [-0.39, 0.29) is 24.6 Å². The van der Waals surface area contributed by atoms with Crippen molar-refractivity contribution in [1.82, 2.24) is 16.2 Å². The SMILES string of the molecule is O=C(COC(=O)C1CNNC1c1ccc2c(c1)OCCO2)NC1CC1. The van der Waals surface area contributed by atoms with E-state index in [0.29, 0.717) is 31.3 Å². The molecule has 2 unspecified atom stereocenters. The molecule has 1 aliphatic carbocycles. The molecule has 25 heavy (non-hydrogen) atoms. The Bertz CT molecular complexity index is 676. The van der Waals surface area contributed by atoms with Crippen LogP contribution in [0.3, 0.4) is 0 Å². The first-order chi connectivity index (χ1) is 12.2. The standard InChI is InChI=1S/C17H21N3O5/c21-15(19-11-2-3-11)9-25-17(22)12-8-18-20-16(12)10-1-4-13-14(7-10)24-6-5-23-13/h1,4,7,11-12,16,18,20H,2-3,5-6,8-9H2,(H,19,21). The molecular weight excluding hydrogens is 326 g/mol. The Kier molecular flexibility index (Phi) is 4.46. The molecule has 2 aliphatic heterocycles. The lowest BCUT2D eigenvalue weighted by Crippen LogP contribution is -2.33. The molecule has 134 valence electrons. The smallest absolute Gasteiger partial charge is 0.312 e. The fourth-order valence-corrected chi connectivity index (χ4v) is 3.03. The van der Waals surface area contributed by atoms with E-state index in [1.54, 1.807) is 0 Å². The van der Waals surface area contributed by atoms with E-state index in [1.165, 1.54) is 0 Å². The number of amides is 1. The summed E-state index contributed by atoms with van der Waals surface area (Å²) < 4.78 is 16.3. The van der Waals surface area contributed by atoms with E-state index in [1.807, 2.05) is 18.2 Å². The van der Waals surface area contributed by atoms with Gasteiger partial charge in [-0.25, -0.2) is 5.43 Å². The van der Waals surface area contributed by atoms with Gasteiger partial charge in [-0.2, -0.15) is 0 Å². The van der Waals surface area contributed by atoms with Gasteiger partial charge in [0.15, 0.2) is 18.1 Å². The summed E-state index contributed by atoms with van der Waals surface area (Å²) in [5.41, 5.74) is 6.98. The molecule has 1 amide bonds. The minimum atomic E-state index is -0.420. The number of hydrogen-bond acceptors (Lipinski definition) is 7. The lowest BCUT2D eigenvalue weighted by atomic mass is 9.94. The van der Waals surface area contributed by atoms with Crippen LogP contribution >= 0.6 is 0 Å². The number of fused-ring (bicyclic) bond motifs is 1. The number of carbonyl (C=O) groups excluding carboxylic acids is 2. The number of rotatable bonds is 5. The van der Waals surface area contributed by atoms with Gasteiger partial charge in [0.25, 0.3) is 5.91 Å². The van der Waals surface area contributed by atoms with Gasteiger partial charge >= 0.3 is 5.97 Å². The highest BCUT2D eigenvalue weighted by molar-refractivity contribution is 5.82. The van der Waals surface area contributed by atoms with E-state index in [4.69, 9.17) is 14.2 Å². The van der Waals surface area contributed by atoms with Crippen molar-refractivity contribution >= 4 is 11.9 Å². The molecule has 0 spiro atoms. The molecule has 2 heterocycles. The Balaban J connectivity index is 1.39. The third kappa shape index (κ3) is 3.69. The number of benzene rings is 1. The first kappa shape index (κ1) is 16.2. The van der Waals surface area contributed by atoms with Gasteiger partial charge in [0.05, 0.1) is 12.0 Å². The summed E-state index contributed by atoms with van der Waals surface area (Å²) >= 11 is 0. The van der Waals surface area contributed by atoms with Crippen molar-refractivity contribution < 1.29 is 23.8 Å². The van der Waals surface area contributed by atoms with E-state index < -0.39 is 11.9 Å². The molecule has 1 aromatic rings. The normalized spacial score (nSPS) is 24.6. The average Bonchev–Trinajstić information content (AvgIpc) is 3.31. The molecule has 0 bridgehead atoms. The number of nitrogens with one attached hydrogen (secondary N) is 3. The summed E-state index contributed by atoms with van der Waals surface area (Å²) in [6.07, 6.45) is 2.00. The van der Waals surface area contributed by atoms with Crippen LogP contribution in [-0.2, 0) is 14.3 Å². The largest absolute Gasteiger partial charge is 0.486 e. The van der Waals surface area contributed by atoms with Gasteiger partial charge in [-0.05, 0) is 30.5 Å². The van der Waals surface area contributed by atoms with Crippen LogP contribution in [0, 0.1) is 5.92 Å². The van der Waals surface area contributed by atoms with Crippen molar-refractivity contribution in [1.29, 1.82) is 0 Å². The molecule has 4 rings (SSSR count). The first-order valence-corrected chi connectivity index (χ1v) is 8.54. The number of carbonyl (C=O) groups is 2. The Morgan fingerprint density at radius 1 is 1.20 bits per heavy atom. The third-order valence-corrected chi connectivity index (χ3v) is 4.50. The predicted molar refractivity (Wildman–Crippen MR) is 86.9 cm³/mol. The molecular formula is C17H21N3O5. The quantitative estimate of drug-likeness (QED) is 0.647. The molecule has 1 aromatic carbocycles. The highest BCUT2D eigenvalue weighted by Gasteiger charge is 2.36. The fourth-order valence-electron chi connectivity index (χ4n) is 3.03. The number of esters is 1. The molecule has 8 heteroatoms. The van der Waals surface area contributed by atoms with Crippen LogP contribution in [0.15, 0.2) is 18.2 Å². The minimum absolute atomic E-state index is 0.236. The average molecular weight is 347 g/mol. The number of hydrazine groups is 1. The maximum absolute atomic E-state index is 12.4. The maximum Gasteiger partial charge on any atom is 0.312 e. The second kappa shape index (κ2) is 6.89. The third-order valence-electron chi connectivity index (χ3n) is 4.50. The first-order valence-electron chi connectivity index (χ1n) is 8.54. The second-order valence-corrected chi connectivity index (χ2v) is 6.46. The zero-order valence-corrected chi connectivity index (χ0v) is 13.7. The van der Waals surface area contributed by atoms with Gasteiger partial charge in [-0.15, -0.1) is 0 Å². The highest BCUT2D eigenvalue weighted by Crippen LogP contribution is 2.35. The van der Waals surface area contributed by atoms with E-state index >= 15 is 0 Å². The Hall–Kier alpha value is -2.32. The summed E-state index contributed by atoms with van der Waals surface area (Å²) in [5.74, 6) is 0.315. The van der Waals surface area contributed by atoms with Gasteiger partial charge in [0, 0.05) is 12.6 Å². The second-order valence-electron chi connectivity index (χ2n) is 6.46. The van der Waals surface area contributed by atoms with Gasteiger partial charge in [0.2, 0.25) is 0 Å². The van der Waals surface area contributed by atoms with Crippen LogP contribution < -0.4 is 25.6 Å². The Morgan fingerprint density at radius 2 is 2.00 bits per heavy atom. The van der Waals surface area contributed by atoms with E-state index in [0.717, 1.165) is 18.4 Å². The van der Waals surface area contributed by atoms with Crippen LogP contribution in [0.5, 0.6) is 11.5 Å². The van der Waals surface area contributed by atoms with E-state index in [9.17, 15) is 9.59 Å². The Morgan fingerprint density at radius 3 is 2.80 bits per heavy atom. The van der Waals surface area contributed by atoms with Crippen LogP contribution in [0.2, 0.25) is 0 Å². The number of ether oxygens (including phenoxy) is 3. The monoisotopic (exact) mass is 347 g/mol. The van der Waals surface area contributed by atoms with Crippen molar-refractivity contribution in [3.63, 3.8) is 0 Å². The van der Waals surface area contributed by atoms with E-state index in [2.05, 4.69) is 16.2 Å². The molecule has 1 saturated carbocycles. The summed E-state index contributed by atoms with van der Waals surface area (Å²) in [7, 11) is 0. The van der Waals surface area contributed by atoms with Crippen LogP contribution in [-0.4, -0.2) is 44.3 Å². The summed E-state index contributed by atoms with van der Waals surface area (Å²) in [5, 5.41) is 2.80. The molecule has 0 radical (unpaired) electrons. The zero-order valence-electron chi connectivity index (χ0n) is 13.7. The molecule has 2 atom stereocenters. The van der Waals surface area contributed by atoms with Crippen LogP contribution in [0.4, 0.5) is 0 Å². The fraction of sp³-hybridized carbons (Fsp3) is 0.529. The lowest BCUT2D eigenvalue weighted by molar-refractivity contribution is -0.152. The molecule has 3 N–H and O–H groups in total. The summed E-state index contributed by atoms with van der Waals surface area (Å²) in [6, 6.07) is 5.62. The van der Waals surface area contributed by atoms with Gasteiger partial charge in [0.1, 0.15) is 13.2 Å². The molecule has 2 fully saturated rings.